The number of hydrogen-bond acceptors (Lipinski definition) is 3. The normalized spacial score (nSPS) is 14.2. The highest BCUT2D eigenvalue weighted by atomic mass is 16.5. The van der Waals surface area contributed by atoms with Gasteiger partial charge in [-0.05, 0) is 52.7 Å². The summed E-state index contributed by atoms with van der Waals surface area (Å²) >= 11 is 0. The highest BCUT2D eigenvalue weighted by Gasteiger charge is 2.32. The zero-order valence-corrected chi connectivity index (χ0v) is 16.3. The predicted octanol–water partition coefficient (Wildman–Crippen LogP) is 6.14. The fourth-order valence-electron chi connectivity index (χ4n) is 2.96. The number of carbonyl (C=O) groups is 1. The van der Waals surface area contributed by atoms with Gasteiger partial charge < -0.3 is 9.47 Å². The maximum Gasteiger partial charge on any atom is 0.317 e. The molecule has 0 amide bonds. The van der Waals surface area contributed by atoms with Gasteiger partial charge in [-0.15, -0.1) is 0 Å². The number of benzene rings is 2. The van der Waals surface area contributed by atoms with Crippen molar-refractivity contribution < 1.29 is 14.3 Å². The van der Waals surface area contributed by atoms with Gasteiger partial charge in [0.25, 0.3) is 0 Å². The Bertz CT molecular complexity index is 743. The lowest BCUT2D eigenvalue weighted by Crippen LogP contribution is -2.31. The van der Waals surface area contributed by atoms with E-state index in [-0.39, 0.29) is 11.6 Å². The summed E-state index contributed by atoms with van der Waals surface area (Å²) < 4.78 is 11.9. The zero-order chi connectivity index (χ0) is 18.7. The molecule has 2 rings (SSSR count). The van der Waals surface area contributed by atoms with Gasteiger partial charge >= 0.3 is 5.97 Å². The Hall–Kier alpha value is -2.03. The second-order valence-electron chi connectivity index (χ2n) is 7.88. The van der Waals surface area contributed by atoms with Gasteiger partial charge in [-0.2, -0.15) is 0 Å². The Morgan fingerprint density at radius 3 is 2.00 bits per heavy atom. The van der Waals surface area contributed by atoms with Crippen LogP contribution in [-0.2, 0) is 4.79 Å². The molecule has 0 aliphatic rings. The highest BCUT2D eigenvalue weighted by molar-refractivity contribution is 5.95. The largest absolute Gasteiger partial charge is 0.488 e. The molecule has 0 aliphatic carbocycles. The van der Waals surface area contributed by atoms with Crippen LogP contribution in [0.4, 0.5) is 0 Å². The molecule has 136 valence electrons. The maximum absolute atomic E-state index is 12.8. The summed E-state index contributed by atoms with van der Waals surface area (Å²) in [5.74, 6) is 1.24. The van der Waals surface area contributed by atoms with E-state index in [0.29, 0.717) is 5.75 Å². The molecule has 0 saturated carbocycles. The van der Waals surface area contributed by atoms with Crippen molar-refractivity contribution in [2.75, 3.05) is 0 Å². The second-order valence-corrected chi connectivity index (χ2v) is 7.88. The van der Waals surface area contributed by atoms with Crippen molar-refractivity contribution in [2.24, 2.45) is 5.41 Å². The van der Waals surface area contributed by atoms with Crippen molar-refractivity contribution in [1.29, 1.82) is 0 Å². The number of esters is 1. The molecule has 0 radical (unpaired) electrons. The minimum Gasteiger partial charge on any atom is -0.488 e. The molecule has 0 bridgehead atoms. The summed E-state index contributed by atoms with van der Waals surface area (Å²) in [5, 5.41) is 1.85. The molecule has 1 unspecified atom stereocenters. The van der Waals surface area contributed by atoms with Gasteiger partial charge in [-0.25, -0.2) is 0 Å². The summed E-state index contributed by atoms with van der Waals surface area (Å²) in [5.41, 5.74) is -0.737. The standard InChI is InChI=1S/C22H30O3/c1-7-15-22(6,8-2)20(23)24-18-13-9-12-17-16(18)11-10-14-19(17)25-21(3,4)5/h9-14H,7-8,15H2,1-6H3. The van der Waals surface area contributed by atoms with E-state index in [4.69, 9.17) is 9.47 Å². The van der Waals surface area contributed by atoms with E-state index in [1.165, 1.54) is 0 Å². The fraction of sp³-hybridized carbons (Fsp3) is 0.500. The molecule has 1 atom stereocenters. The molecule has 2 aromatic carbocycles. The summed E-state index contributed by atoms with van der Waals surface area (Å²) in [4.78, 5) is 12.8. The molecular formula is C22H30O3. The number of hydrogen-bond donors (Lipinski definition) is 0. The van der Waals surface area contributed by atoms with Crippen molar-refractivity contribution in [3.63, 3.8) is 0 Å². The van der Waals surface area contributed by atoms with Crippen molar-refractivity contribution >= 4 is 16.7 Å². The van der Waals surface area contributed by atoms with Crippen LogP contribution in [0, 0.1) is 5.41 Å². The van der Waals surface area contributed by atoms with E-state index in [2.05, 4.69) is 6.92 Å². The summed E-state index contributed by atoms with van der Waals surface area (Å²) in [7, 11) is 0. The number of carbonyl (C=O) groups excluding carboxylic acids is 1. The second kappa shape index (κ2) is 7.47. The highest BCUT2D eigenvalue weighted by Crippen LogP contribution is 2.36. The van der Waals surface area contributed by atoms with E-state index >= 15 is 0 Å². The van der Waals surface area contributed by atoms with Gasteiger partial charge in [0.1, 0.15) is 17.1 Å². The van der Waals surface area contributed by atoms with E-state index in [9.17, 15) is 4.79 Å². The molecule has 0 fully saturated rings. The summed E-state index contributed by atoms with van der Waals surface area (Å²) in [6, 6.07) is 11.6. The minimum atomic E-state index is -0.448. The van der Waals surface area contributed by atoms with Gasteiger partial charge in [-0.3, -0.25) is 4.79 Å². The number of rotatable bonds is 6. The van der Waals surface area contributed by atoms with Gasteiger partial charge in [0.2, 0.25) is 0 Å². The smallest absolute Gasteiger partial charge is 0.317 e. The first-order valence-corrected chi connectivity index (χ1v) is 9.13. The zero-order valence-electron chi connectivity index (χ0n) is 16.3. The van der Waals surface area contributed by atoms with Crippen molar-refractivity contribution in [3.8, 4) is 11.5 Å². The molecule has 25 heavy (non-hydrogen) atoms. The summed E-state index contributed by atoms with van der Waals surface area (Å²) in [6.45, 7) is 12.2. The SMILES string of the molecule is CCCC(C)(CC)C(=O)Oc1cccc2c(OC(C)(C)C)cccc12. The Morgan fingerprint density at radius 2 is 1.48 bits per heavy atom. The Kier molecular flexibility index (Phi) is 5.76. The van der Waals surface area contributed by atoms with Crippen LogP contribution in [0.3, 0.4) is 0 Å². The van der Waals surface area contributed by atoms with E-state index in [1.54, 1.807) is 0 Å². The fourth-order valence-corrected chi connectivity index (χ4v) is 2.96. The van der Waals surface area contributed by atoms with Gasteiger partial charge in [0.15, 0.2) is 0 Å². The lowest BCUT2D eigenvalue weighted by Gasteiger charge is -2.26. The Balaban J connectivity index is 2.40. The minimum absolute atomic E-state index is 0.161. The van der Waals surface area contributed by atoms with Crippen molar-refractivity contribution in [3.05, 3.63) is 36.4 Å². The first kappa shape index (κ1) is 19.3. The molecule has 3 nitrogen and oxygen atoms in total. The van der Waals surface area contributed by atoms with Crippen molar-refractivity contribution in [2.45, 2.75) is 66.4 Å². The van der Waals surface area contributed by atoms with Crippen LogP contribution in [0.25, 0.3) is 10.8 Å². The average Bonchev–Trinajstić information content (AvgIpc) is 2.54. The summed E-state index contributed by atoms with van der Waals surface area (Å²) in [6.07, 6.45) is 2.55. The Labute approximate surface area is 151 Å². The molecule has 0 aromatic heterocycles. The molecule has 0 spiro atoms. The van der Waals surface area contributed by atoms with Crippen molar-refractivity contribution in [1.82, 2.24) is 0 Å². The van der Waals surface area contributed by atoms with Crippen LogP contribution < -0.4 is 9.47 Å². The third-order valence-electron chi connectivity index (χ3n) is 4.54. The molecule has 0 saturated heterocycles. The average molecular weight is 342 g/mol. The molecular weight excluding hydrogens is 312 g/mol. The molecule has 2 aromatic rings. The van der Waals surface area contributed by atoms with Gasteiger partial charge in [0, 0.05) is 10.8 Å². The van der Waals surface area contributed by atoms with Crippen LogP contribution in [0.5, 0.6) is 11.5 Å². The Morgan fingerprint density at radius 1 is 0.920 bits per heavy atom. The molecule has 3 heteroatoms. The topological polar surface area (TPSA) is 35.5 Å². The van der Waals surface area contributed by atoms with Gasteiger partial charge in [0.05, 0.1) is 5.41 Å². The molecule has 0 aliphatic heterocycles. The van der Waals surface area contributed by atoms with Gasteiger partial charge in [-0.1, -0.05) is 44.5 Å². The predicted molar refractivity (Wildman–Crippen MR) is 103 cm³/mol. The van der Waals surface area contributed by atoms with Crippen LogP contribution in [0.2, 0.25) is 0 Å². The maximum atomic E-state index is 12.8. The third-order valence-corrected chi connectivity index (χ3v) is 4.54. The molecule has 0 heterocycles. The van der Waals surface area contributed by atoms with E-state index in [1.807, 2.05) is 71.0 Å². The first-order chi connectivity index (χ1) is 11.7. The number of fused-ring (bicyclic) bond motifs is 1. The lowest BCUT2D eigenvalue weighted by molar-refractivity contribution is -0.145. The van der Waals surface area contributed by atoms with Crippen LogP contribution >= 0.6 is 0 Å². The van der Waals surface area contributed by atoms with Crippen LogP contribution in [-0.4, -0.2) is 11.6 Å². The first-order valence-electron chi connectivity index (χ1n) is 9.13. The van der Waals surface area contributed by atoms with Crippen LogP contribution in [0.15, 0.2) is 36.4 Å². The quantitative estimate of drug-likeness (QED) is 0.467. The van der Waals surface area contributed by atoms with E-state index in [0.717, 1.165) is 35.8 Å². The van der Waals surface area contributed by atoms with Crippen LogP contribution in [0.1, 0.15) is 60.8 Å². The monoisotopic (exact) mass is 342 g/mol. The third kappa shape index (κ3) is 4.53. The molecule has 0 N–H and O–H groups in total. The lowest BCUT2D eigenvalue weighted by atomic mass is 9.83. The number of ether oxygens (including phenoxy) is 2. The van der Waals surface area contributed by atoms with E-state index < -0.39 is 5.41 Å².